The van der Waals surface area contributed by atoms with E-state index < -0.39 is 0 Å². The molecule has 0 saturated heterocycles. The van der Waals surface area contributed by atoms with E-state index in [4.69, 9.17) is 15.0 Å². The Morgan fingerprint density at radius 1 is 0.400 bits per heavy atom. The normalized spacial score (nSPS) is 11.6. The Labute approximate surface area is 287 Å². The second-order valence-electron chi connectivity index (χ2n) is 12.4. The highest BCUT2D eigenvalue weighted by atomic mass is 15.2. The number of fused-ring (bicyclic) bond motifs is 6. The number of rotatable bonds is 5. The van der Waals surface area contributed by atoms with Crippen LogP contribution >= 0.6 is 0 Å². The standard InChI is InChI=1S/C44H28N6/c1-4-13-29(14-5-1)42-46-43(30-15-6-2-7-16-30)48-44(47-42)50-38-22-11-10-19-34(38)36-21-12-20-33(41(36)50)31-23-24-35-37-28-45-26-25-39(37)49(40(35)27-31)32-17-8-3-9-18-32/h1-28H. The lowest BCUT2D eigenvalue weighted by Crippen LogP contribution is -2.07. The lowest BCUT2D eigenvalue weighted by atomic mass is 10.0. The summed E-state index contributed by atoms with van der Waals surface area (Å²) in [5, 5.41) is 4.55. The van der Waals surface area contributed by atoms with Gasteiger partial charge in [-0.1, -0.05) is 127 Å². The highest BCUT2D eigenvalue weighted by Crippen LogP contribution is 2.40. The maximum Gasteiger partial charge on any atom is 0.238 e. The van der Waals surface area contributed by atoms with Crippen molar-refractivity contribution >= 4 is 43.6 Å². The van der Waals surface area contributed by atoms with Crippen LogP contribution in [0.2, 0.25) is 0 Å². The summed E-state index contributed by atoms with van der Waals surface area (Å²) in [4.78, 5) is 19.8. The number of hydrogen-bond donors (Lipinski definition) is 0. The molecular weight excluding hydrogens is 613 g/mol. The molecule has 0 amide bonds. The van der Waals surface area contributed by atoms with Crippen LogP contribution in [0.25, 0.3) is 89.2 Å². The van der Waals surface area contributed by atoms with E-state index in [1.165, 1.54) is 0 Å². The molecule has 234 valence electrons. The van der Waals surface area contributed by atoms with Crippen molar-refractivity contribution in [3.05, 3.63) is 170 Å². The number of benzene rings is 6. The summed E-state index contributed by atoms with van der Waals surface area (Å²) in [7, 11) is 0. The minimum atomic E-state index is 0.571. The predicted octanol–water partition coefficient (Wildman–Crippen LogP) is 10.5. The van der Waals surface area contributed by atoms with Crippen LogP contribution in [0, 0.1) is 0 Å². The molecule has 6 aromatic carbocycles. The molecule has 6 heteroatoms. The van der Waals surface area contributed by atoms with Gasteiger partial charge in [-0.3, -0.25) is 9.55 Å². The Hall–Kier alpha value is -6.92. The fourth-order valence-electron chi connectivity index (χ4n) is 7.24. The quantitative estimate of drug-likeness (QED) is 0.188. The lowest BCUT2D eigenvalue weighted by molar-refractivity contribution is 0.954. The van der Waals surface area contributed by atoms with E-state index in [1.807, 2.05) is 73.1 Å². The van der Waals surface area contributed by atoms with Crippen molar-refractivity contribution in [1.29, 1.82) is 0 Å². The Balaban J connectivity index is 1.28. The van der Waals surface area contributed by atoms with E-state index in [-0.39, 0.29) is 0 Å². The zero-order chi connectivity index (χ0) is 33.0. The van der Waals surface area contributed by atoms with Gasteiger partial charge in [-0.15, -0.1) is 0 Å². The third-order valence-electron chi connectivity index (χ3n) is 9.48. The molecule has 0 aliphatic carbocycles. The first-order chi connectivity index (χ1) is 24.8. The molecule has 0 saturated carbocycles. The molecule has 0 N–H and O–H groups in total. The van der Waals surface area contributed by atoms with Crippen LogP contribution in [0.5, 0.6) is 0 Å². The molecule has 4 aromatic heterocycles. The molecule has 4 heterocycles. The van der Waals surface area contributed by atoms with Crippen LogP contribution in [0.15, 0.2) is 170 Å². The van der Waals surface area contributed by atoms with Gasteiger partial charge in [-0.2, -0.15) is 9.97 Å². The fraction of sp³-hybridized carbons (Fsp3) is 0. The fourth-order valence-corrected chi connectivity index (χ4v) is 7.24. The first kappa shape index (κ1) is 28.1. The topological polar surface area (TPSA) is 61.4 Å². The molecule has 0 radical (unpaired) electrons. The number of hydrogen-bond acceptors (Lipinski definition) is 4. The minimum absolute atomic E-state index is 0.571. The summed E-state index contributed by atoms with van der Waals surface area (Å²) in [6.45, 7) is 0. The van der Waals surface area contributed by atoms with Gasteiger partial charge >= 0.3 is 0 Å². The van der Waals surface area contributed by atoms with Crippen molar-refractivity contribution in [3.63, 3.8) is 0 Å². The van der Waals surface area contributed by atoms with E-state index >= 15 is 0 Å². The van der Waals surface area contributed by atoms with Crippen LogP contribution in [0.3, 0.4) is 0 Å². The van der Waals surface area contributed by atoms with Crippen molar-refractivity contribution in [2.75, 3.05) is 0 Å². The van der Waals surface area contributed by atoms with Crippen LogP contribution in [0.4, 0.5) is 0 Å². The van der Waals surface area contributed by atoms with Crippen molar-refractivity contribution in [3.8, 4) is 45.5 Å². The van der Waals surface area contributed by atoms with Gasteiger partial charge < -0.3 is 4.57 Å². The molecule has 0 unspecified atom stereocenters. The van der Waals surface area contributed by atoms with Crippen LogP contribution in [-0.2, 0) is 0 Å². The minimum Gasteiger partial charge on any atom is -0.309 e. The van der Waals surface area contributed by atoms with Crippen LogP contribution in [-0.4, -0.2) is 29.1 Å². The average Bonchev–Trinajstić information content (AvgIpc) is 3.71. The summed E-state index contributed by atoms with van der Waals surface area (Å²) < 4.78 is 4.54. The summed E-state index contributed by atoms with van der Waals surface area (Å²) in [6.07, 6.45) is 3.83. The molecule has 0 aliphatic rings. The van der Waals surface area contributed by atoms with Crippen LogP contribution in [0.1, 0.15) is 0 Å². The van der Waals surface area contributed by atoms with E-state index in [0.717, 1.165) is 71.6 Å². The second kappa shape index (κ2) is 11.4. The van der Waals surface area contributed by atoms with Crippen LogP contribution < -0.4 is 0 Å². The smallest absolute Gasteiger partial charge is 0.238 e. The van der Waals surface area contributed by atoms with Gasteiger partial charge in [0.2, 0.25) is 5.95 Å². The number of nitrogens with zero attached hydrogens (tertiary/aromatic N) is 6. The SMILES string of the molecule is c1ccc(-c2nc(-c3ccccc3)nc(-n3c4ccccc4c4cccc(-c5ccc6c7cnccc7n(-c7ccccc7)c6c5)c43)n2)cc1. The van der Waals surface area contributed by atoms with Gasteiger partial charge in [0.15, 0.2) is 11.6 Å². The van der Waals surface area contributed by atoms with Crippen molar-refractivity contribution < 1.29 is 0 Å². The molecule has 0 atom stereocenters. The molecule has 0 bridgehead atoms. The molecular formula is C44H28N6. The largest absolute Gasteiger partial charge is 0.309 e. The number of para-hydroxylation sites is 3. The molecule has 6 nitrogen and oxygen atoms in total. The zero-order valence-electron chi connectivity index (χ0n) is 26.8. The Morgan fingerprint density at radius 3 is 1.76 bits per heavy atom. The van der Waals surface area contributed by atoms with E-state index in [0.29, 0.717) is 17.6 Å². The maximum absolute atomic E-state index is 5.17. The summed E-state index contributed by atoms with van der Waals surface area (Å²) in [5.41, 5.74) is 9.48. The van der Waals surface area contributed by atoms with Gasteiger partial charge in [-0.05, 0) is 35.9 Å². The van der Waals surface area contributed by atoms with Crippen molar-refractivity contribution in [2.24, 2.45) is 0 Å². The highest BCUT2D eigenvalue weighted by Gasteiger charge is 2.21. The highest BCUT2D eigenvalue weighted by molar-refractivity contribution is 6.15. The lowest BCUT2D eigenvalue weighted by Gasteiger charge is -2.13. The van der Waals surface area contributed by atoms with Gasteiger partial charge in [-0.25, -0.2) is 4.98 Å². The number of aromatic nitrogens is 6. The first-order valence-corrected chi connectivity index (χ1v) is 16.7. The Kier molecular flexibility index (Phi) is 6.39. The van der Waals surface area contributed by atoms with Gasteiger partial charge in [0, 0.05) is 56.3 Å². The summed E-state index contributed by atoms with van der Waals surface area (Å²) in [6, 6.07) is 54.7. The molecule has 0 aliphatic heterocycles. The second-order valence-corrected chi connectivity index (χ2v) is 12.4. The third-order valence-corrected chi connectivity index (χ3v) is 9.48. The van der Waals surface area contributed by atoms with E-state index in [2.05, 4.69) is 111 Å². The predicted molar refractivity (Wildman–Crippen MR) is 203 cm³/mol. The van der Waals surface area contributed by atoms with E-state index in [1.54, 1.807) is 0 Å². The average molecular weight is 641 g/mol. The third kappa shape index (κ3) is 4.43. The summed E-state index contributed by atoms with van der Waals surface area (Å²) >= 11 is 0. The van der Waals surface area contributed by atoms with Gasteiger partial charge in [0.1, 0.15) is 0 Å². The summed E-state index contributed by atoms with van der Waals surface area (Å²) in [5.74, 6) is 1.82. The molecule has 0 spiro atoms. The van der Waals surface area contributed by atoms with Gasteiger partial charge in [0.05, 0.1) is 22.1 Å². The molecule has 50 heavy (non-hydrogen) atoms. The monoisotopic (exact) mass is 640 g/mol. The zero-order valence-corrected chi connectivity index (χ0v) is 26.8. The van der Waals surface area contributed by atoms with Gasteiger partial charge in [0.25, 0.3) is 0 Å². The van der Waals surface area contributed by atoms with E-state index in [9.17, 15) is 0 Å². The maximum atomic E-state index is 5.17. The molecule has 10 aromatic rings. The molecule has 0 fully saturated rings. The molecule has 10 rings (SSSR count). The Bertz CT molecular complexity index is 2800. The number of pyridine rings is 1. The Morgan fingerprint density at radius 2 is 1.02 bits per heavy atom. The van der Waals surface area contributed by atoms with Crippen molar-refractivity contribution in [1.82, 2.24) is 29.1 Å². The van der Waals surface area contributed by atoms with Crippen molar-refractivity contribution in [2.45, 2.75) is 0 Å². The first-order valence-electron chi connectivity index (χ1n) is 16.7.